The van der Waals surface area contributed by atoms with Crippen LogP contribution in [0.1, 0.15) is 5.56 Å². The lowest BCUT2D eigenvalue weighted by molar-refractivity contribution is -0.130. The van der Waals surface area contributed by atoms with Crippen molar-refractivity contribution in [3.8, 4) is 28.7 Å². The number of ether oxygens (including phenoxy) is 5. The zero-order chi connectivity index (χ0) is 20.8. The molecule has 0 aromatic heterocycles. The average Bonchev–Trinajstić information content (AvgIpc) is 2.73. The molecule has 0 spiro atoms. The lowest BCUT2D eigenvalue weighted by atomic mass is 10.2. The number of hydrogen-bond acceptors (Lipinski definition) is 7. The zero-order valence-corrected chi connectivity index (χ0v) is 15.6. The number of para-hydroxylation sites is 2. The first kappa shape index (κ1) is 20.2. The van der Waals surface area contributed by atoms with E-state index in [9.17, 15) is 13.6 Å². The SMILES string of the molecule is COc1cc(/C=N\NC(=O)[C@@H]2COc3ccccc3O2)cc(OC)c1OC(F)F. The average molecular weight is 408 g/mol. The van der Waals surface area contributed by atoms with Gasteiger partial charge in [0, 0.05) is 5.56 Å². The summed E-state index contributed by atoms with van der Waals surface area (Å²) in [4.78, 5) is 12.2. The van der Waals surface area contributed by atoms with E-state index in [4.69, 9.17) is 18.9 Å². The van der Waals surface area contributed by atoms with Gasteiger partial charge in [-0.3, -0.25) is 4.79 Å². The Hall–Kier alpha value is -3.56. The molecule has 29 heavy (non-hydrogen) atoms. The minimum atomic E-state index is -3.04. The fourth-order valence-electron chi connectivity index (χ4n) is 2.57. The number of benzene rings is 2. The monoisotopic (exact) mass is 408 g/mol. The first-order chi connectivity index (χ1) is 14.0. The molecule has 0 aliphatic carbocycles. The van der Waals surface area contributed by atoms with Gasteiger partial charge in [-0.1, -0.05) is 12.1 Å². The van der Waals surface area contributed by atoms with Crippen molar-refractivity contribution in [2.75, 3.05) is 20.8 Å². The lowest BCUT2D eigenvalue weighted by Crippen LogP contribution is -2.42. The largest absolute Gasteiger partial charge is 0.493 e. The summed E-state index contributed by atoms with van der Waals surface area (Å²) in [5.41, 5.74) is 2.77. The Morgan fingerprint density at radius 2 is 1.86 bits per heavy atom. The number of halogens is 2. The summed E-state index contributed by atoms with van der Waals surface area (Å²) in [7, 11) is 2.60. The molecule has 10 heteroatoms. The molecule has 2 aromatic rings. The van der Waals surface area contributed by atoms with Gasteiger partial charge in [0.1, 0.15) is 6.61 Å². The van der Waals surface area contributed by atoms with E-state index < -0.39 is 18.6 Å². The van der Waals surface area contributed by atoms with Gasteiger partial charge in [0.2, 0.25) is 11.9 Å². The number of alkyl halides is 2. The molecule has 0 radical (unpaired) electrons. The van der Waals surface area contributed by atoms with Crippen molar-refractivity contribution < 1.29 is 37.3 Å². The van der Waals surface area contributed by atoms with Gasteiger partial charge in [-0.15, -0.1) is 0 Å². The summed E-state index contributed by atoms with van der Waals surface area (Å²) in [5, 5.41) is 3.85. The number of rotatable bonds is 7. The van der Waals surface area contributed by atoms with Crippen LogP contribution in [0.5, 0.6) is 28.7 Å². The van der Waals surface area contributed by atoms with E-state index in [0.717, 1.165) is 0 Å². The Morgan fingerprint density at radius 1 is 1.21 bits per heavy atom. The Labute approximate surface area is 165 Å². The number of methoxy groups -OCH3 is 2. The van der Waals surface area contributed by atoms with Crippen LogP contribution in [0.4, 0.5) is 8.78 Å². The molecular formula is C19H18F2N2O6. The van der Waals surface area contributed by atoms with Crippen LogP contribution in [0.25, 0.3) is 0 Å². The van der Waals surface area contributed by atoms with E-state index in [2.05, 4.69) is 15.3 Å². The highest BCUT2D eigenvalue weighted by molar-refractivity contribution is 5.86. The minimum absolute atomic E-state index is 0.0260. The molecule has 154 valence electrons. The third-order valence-corrected chi connectivity index (χ3v) is 3.88. The van der Waals surface area contributed by atoms with Gasteiger partial charge in [0.25, 0.3) is 5.91 Å². The van der Waals surface area contributed by atoms with E-state index in [-0.39, 0.29) is 23.9 Å². The van der Waals surface area contributed by atoms with E-state index >= 15 is 0 Å². The van der Waals surface area contributed by atoms with Gasteiger partial charge >= 0.3 is 6.61 Å². The minimum Gasteiger partial charge on any atom is -0.493 e. The standard InChI is InChI=1S/C19H18F2N2O6/c1-25-14-7-11(8-15(26-2)17(14)29-19(20)21)9-22-23-18(24)16-10-27-12-5-3-4-6-13(12)28-16/h3-9,16,19H,10H2,1-2H3,(H,23,24)/b22-9-/t16-/m0/s1. The maximum Gasteiger partial charge on any atom is 0.387 e. The van der Waals surface area contributed by atoms with Crippen LogP contribution >= 0.6 is 0 Å². The van der Waals surface area contributed by atoms with Crippen molar-refractivity contribution in [1.82, 2.24) is 5.43 Å². The van der Waals surface area contributed by atoms with Gasteiger partial charge in [-0.05, 0) is 24.3 Å². The topological polar surface area (TPSA) is 87.6 Å². The van der Waals surface area contributed by atoms with Crippen molar-refractivity contribution in [2.24, 2.45) is 5.10 Å². The third kappa shape index (κ3) is 4.84. The summed E-state index contributed by atoms with van der Waals surface area (Å²) in [6.45, 7) is -3.00. The number of nitrogens with one attached hydrogen (secondary N) is 1. The van der Waals surface area contributed by atoms with Crippen LogP contribution in [-0.2, 0) is 4.79 Å². The van der Waals surface area contributed by atoms with Crippen molar-refractivity contribution in [1.29, 1.82) is 0 Å². The number of nitrogens with zero attached hydrogens (tertiary/aromatic N) is 1. The Morgan fingerprint density at radius 3 is 2.48 bits per heavy atom. The Kier molecular flexibility index (Phi) is 6.32. The molecule has 8 nitrogen and oxygen atoms in total. The van der Waals surface area contributed by atoms with Gasteiger partial charge in [0.15, 0.2) is 23.0 Å². The molecular weight excluding hydrogens is 390 g/mol. The summed E-state index contributed by atoms with van der Waals surface area (Å²) < 4.78 is 50.8. The van der Waals surface area contributed by atoms with Gasteiger partial charge in [-0.25, -0.2) is 5.43 Å². The number of fused-ring (bicyclic) bond motifs is 1. The van der Waals surface area contributed by atoms with Crippen LogP contribution in [0.3, 0.4) is 0 Å². The molecule has 0 unspecified atom stereocenters. The number of hydrogen-bond donors (Lipinski definition) is 1. The molecule has 0 saturated heterocycles. The highest BCUT2D eigenvalue weighted by Gasteiger charge is 2.27. The quantitative estimate of drug-likeness (QED) is 0.560. The van der Waals surface area contributed by atoms with Gasteiger partial charge < -0.3 is 23.7 Å². The maximum atomic E-state index is 12.6. The molecule has 1 aliphatic heterocycles. The predicted octanol–water partition coefficient (Wildman–Crippen LogP) is 2.60. The summed E-state index contributed by atoms with van der Waals surface area (Å²) >= 11 is 0. The van der Waals surface area contributed by atoms with Crippen molar-refractivity contribution in [3.63, 3.8) is 0 Å². The Balaban J connectivity index is 1.68. The Bertz CT molecular complexity index is 881. The first-order valence-corrected chi connectivity index (χ1v) is 8.44. The van der Waals surface area contributed by atoms with Crippen LogP contribution in [-0.4, -0.2) is 45.7 Å². The summed E-state index contributed by atoms with van der Waals surface area (Å²) in [6.07, 6.45) is 0.431. The number of amides is 1. The second kappa shape index (κ2) is 9.09. The van der Waals surface area contributed by atoms with E-state index in [1.165, 1.54) is 32.6 Å². The molecule has 3 rings (SSSR count). The molecule has 0 saturated carbocycles. The zero-order valence-electron chi connectivity index (χ0n) is 15.6. The highest BCUT2D eigenvalue weighted by Crippen LogP contribution is 2.39. The van der Waals surface area contributed by atoms with Gasteiger partial charge in [0.05, 0.1) is 20.4 Å². The highest BCUT2D eigenvalue weighted by atomic mass is 19.3. The molecule has 1 amide bonds. The number of carbonyl (C=O) groups is 1. The van der Waals surface area contributed by atoms with Gasteiger partial charge in [-0.2, -0.15) is 13.9 Å². The maximum absolute atomic E-state index is 12.6. The van der Waals surface area contributed by atoms with E-state index in [0.29, 0.717) is 17.1 Å². The molecule has 0 bridgehead atoms. The van der Waals surface area contributed by atoms with E-state index in [1.807, 2.05) is 0 Å². The van der Waals surface area contributed by atoms with Crippen molar-refractivity contribution in [2.45, 2.75) is 12.7 Å². The number of hydrazone groups is 1. The van der Waals surface area contributed by atoms with Crippen LogP contribution in [0, 0.1) is 0 Å². The van der Waals surface area contributed by atoms with E-state index in [1.54, 1.807) is 24.3 Å². The molecule has 1 heterocycles. The van der Waals surface area contributed by atoms with Crippen molar-refractivity contribution >= 4 is 12.1 Å². The second-order valence-electron chi connectivity index (χ2n) is 5.73. The fraction of sp³-hybridized carbons (Fsp3) is 0.263. The van der Waals surface area contributed by atoms with Crippen LogP contribution in [0.15, 0.2) is 41.5 Å². The molecule has 2 aromatic carbocycles. The first-order valence-electron chi connectivity index (χ1n) is 8.44. The van der Waals surface area contributed by atoms with Crippen LogP contribution in [0.2, 0.25) is 0 Å². The molecule has 0 fully saturated rings. The number of carbonyl (C=O) groups excluding carboxylic acids is 1. The smallest absolute Gasteiger partial charge is 0.387 e. The molecule has 1 aliphatic rings. The lowest BCUT2D eigenvalue weighted by Gasteiger charge is -2.24. The van der Waals surface area contributed by atoms with Crippen LogP contribution < -0.4 is 29.1 Å². The summed E-state index contributed by atoms with van der Waals surface area (Å²) in [6, 6.07) is 9.82. The predicted molar refractivity (Wildman–Crippen MR) is 98.3 cm³/mol. The second-order valence-corrected chi connectivity index (χ2v) is 5.73. The van der Waals surface area contributed by atoms with Crippen molar-refractivity contribution in [3.05, 3.63) is 42.0 Å². The normalized spacial score (nSPS) is 15.3. The molecule has 1 atom stereocenters. The molecule has 1 N–H and O–H groups in total. The third-order valence-electron chi connectivity index (χ3n) is 3.88. The summed E-state index contributed by atoms with van der Waals surface area (Å²) in [5.74, 6) is 0.332. The fourth-order valence-corrected chi connectivity index (χ4v) is 2.57.